The lowest BCUT2D eigenvalue weighted by atomic mass is 10.1. The van der Waals surface area contributed by atoms with E-state index in [0.717, 1.165) is 12.3 Å². The van der Waals surface area contributed by atoms with Gasteiger partial charge in [-0.25, -0.2) is 4.79 Å². The molecule has 1 aliphatic heterocycles. The summed E-state index contributed by atoms with van der Waals surface area (Å²) in [6.45, 7) is -1.60. The molecule has 0 radical (unpaired) electrons. The van der Waals surface area contributed by atoms with Gasteiger partial charge in [0.1, 0.15) is 24.1 Å². The van der Waals surface area contributed by atoms with Crippen molar-refractivity contribution >= 4 is 28.4 Å². The van der Waals surface area contributed by atoms with Crippen LogP contribution < -0.4 is 11.4 Å². The van der Waals surface area contributed by atoms with Crippen molar-refractivity contribution in [3.05, 3.63) is 22.7 Å². The Morgan fingerprint density at radius 3 is 2.12 bits per heavy atom. The summed E-state index contributed by atoms with van der Waals surface area (Å²) in [4.78, 5) is 50.3. The van der Waals surface area contributed by atoms with Crippen LogP contribution in [-0.2, 0) is 23.0 Å². The van der Waals surface area contributed by atoms with Crippen LogP contribution in [0.25, 0.3) is 0 Å². The lowest BCUT2D eigenvalue weighted by Crippen LogP contribution is -2.36. The van der Waals surface area contributed by atoms with Crippen LogP contribution in [0.3, 0.4) is 0 Å². The van der Waals surface area contributed by atoms with E-state index >= 15 is 0 Å². The highest BCUT2D eigenvalue weighted by atomic mass is 31.3. The molecule has 8 N–H and O–H groups in total. The van der Waals surface area contributed by atoms with Gasteiger partial charge < -0.3 is 44.8 Å². The van der Waals surface area contributed by atoms with Gasteiger partial charge in [-0.05, 0) is 6.07 Å². The van der Waals surface area contributed by atoms with Gasteiger partial charge in [0.2, 0.25) is 0 Å². The van der Waals surface area contributed by atoms with Crippen LogP contribution in [0.2, 0.25) is 0 Å². The largest absolute Gasteiger partial charge is 0.424 e. The highest BCUT2D eigenvalue weighted by Gasteiger charge is 2.79. The topological polar surface area (TPSA) is 252 Å². The molecule has 1 aromatic heterocycles. The summed E-state index contributed by atoms with van der Waals surface area (Å²) in [6.07, 6.45) is -6.86. The number of ether oxygens (including phenoxy) is 1. The van der Waals surface area contributed by atoms with E-state index in [0.29, 0.717) is 4.57 Å². The van der Waals surface area contributed by atoms with E-state index in [1.807, 2.05) is 0 Å². The normalized spacial score (nSPS) is 28.3. The monoisotopic (exact) mass is 551 g/mol. The third kappa shape index (κ3) is 4.68. The molecule has 6 atom stereocenters. The van der Waals surface area contributed by atoms with Crippen molar-refractivity contribution in [3.63, 3.8) is 0 Å². The van der Waals surface area contributed by atoms with Gasteiger partial charge >= 0.3 is 39.1 Å². The molecule has 0 aromatic carbocycles. The molecule has 33 heavy (non-hydrogen) atoms. The molecule has 0 aliphatic carbocycles. The zero-order chi connectivity index (χ0) is 25.8. The number of nitrogen functional groups attached to an aromatic ring is 1. The van der Waals surface area contributed by atoms with Gasteiger partial charge in [-0.15, -0.1) is 0 Å². The summed E-state index contributed by atoms with van der Waals surface area (Å²) in [5.74, 6) is -0.242. The number of nitrogens with zero attached hydrogens (tertiary/aromatic N) is 2. The number of nitrogens with two attached hydrogens (primary N) is 1. The minimum atomic E-state index is -7.79. The Morgan fingerprint density at radius 2 is 1.64 bits per heavy atom. The van der Waals surface area contributed by atoms with E-state index in [4.69, 9.17) is 25.2 Å². The zero-order valence-electron chi connectivity index (χ0n) is 15.6. The van der Waals surface area contributed by atoms with E-state index < -0.39 is 70.2 Å². The standard InChI is InChI=1S/C11H16F4N3O12P3/c12-10(13,32(24,25)26)31(22,23)11(14,15)33(27,28)29-3-4-6(19)7(20)8(30-4)18-2-1-5(16)17-9(18)21/h1-2,4,6-8,19-20H,3H2,(H,22,23)(H,27,28)(H2,16,17,21)(H2,24,25,26)/t4-,6-,7-,8-/m1/s1. The Morgan fingerprint density at radius 1 is 1.09 bits per heavy atom. The summed E-state index contributed by atoms with van der Waals surface area (Å²) < 4.78 is 98.7. The van der Waals surface area contributed by atoms with E-state index in [-0.39, 0.29) is 5.82 Å². The third-order valence-electron chi connectivity index (χ3n) is 4.30. The van der Waals surface area contributed by atoms with Gasteiger partial charge in [-0.1, -0.05) is 0 Å². The highest BCUT2D eigenvalue weighted by Crippen LogP contribution is 2.85. The fourth-order valence-corrected chi connectivity index (χ4v) is 7.25. The summed E-state index contributed by atoms with van der Waals surface area (Å²) in [6, 6.07) is 1.07. The molecule has 190 valence electrons. The molecule has 2 heterocycles. The lowest BCUT2D eigenvalue weighted by Gasteiger charge is -2.31. The Balaban J connectivity index is 2.25. The summed E-state index contributed by atoms with van der Waals surface area (Å²) in [5.41, 5.74) is 4.17. The van der Waals surface area contributed by atoms with Crippen LogP contribution in [0.5, 0.6) is 0 Å². The first-order chi connectivity index (χ1) is 14.7. The second-order valence-electron chi connectivity index (χ2n) is 6.54. The minimum absolute atomic E-state index is 0.242. The molecule has 0 spiro atoms. The molecular formula is C11H16F4N3O12P3. The van der Waals surface area contributed by atoms with E-state index in [9.17, 15) is 51.2 Å². The maximum Gasteiger partial charge on any atom is 0.424 e. The van der Waals surface area contributed by atoms with Gasteiger partial charge in [-0.2, -0.15) is 22.5 Å². The maximum atomic E-state index is 14.1. The summed E-state index contributed by atoms with van der Waals surface area (Å²) >= 11 is 0. The third-order valence-corrected chi connectivity index (χ3v) is 10.8. The molecule has 1 fully saturated rings. The first-order valence-corrected chi connectivity index (χ1v) is 13.0. The Labute approximate surface area is 179 Å². The lowest BCUT2D eigenvalue weighted by molar-refractivity contribution is -0.0545. The molecule has 1 aliphatic rings. The molecular weight excluding hydrogens is 535 g/mol. The van der Waals surface area contributed by atoms with Crippen LogP contribution in [0, 0.1) is 0 Å². The van der Waals surface area contributed by atoms with Crippen LogP contribution >= 0.6 is 22.6 Å². The fourth-order valence-electron chi connectivity index (χ4n) is 2.48. The van der Waals surface area contributed by atoms with Crippen LogP contribution in [0.1, 0.15) is 6.23 Å². The number of aliphatic hydroxyl groups is 2. The zero-order valence-corrected chi connectivity index (χ0v) is 18.3. The molecule has 1 aromatic rings. The number of alkyl halides is 4. The highest BCUT2D eigenvalue weighted by molar-refractivity contribution is 7.82. The predicted octanol–water partition coefficient (Wildman–Crippen LogP) is -0.805. The summed E-state index contributed by atoms with van der Waals surface area (Å²) in [7, 11) is -21.7. The minimum Gasteiger partial charge on any atom is -0.387 e. The van der Waals surface area contributed by atoms with Gasteiger partial charge in [0, 0.05) is 6.20 Å². The molecule has 2 unspecified atom stereocenters. The van der Waals surface area contributed by atoms with Crippen molar-refractivity contribution in [3.8, 4) is 0 Å². The van der Waals surface area contributed by atoms with Crippen molar-refractivity contribution in [2.24, 2.45) is 0 Å². The first-order valence-electron chi connectivity index (χ1n) is 8.17. The number of aliphatic hydroxyl groups excluding tert-OH is 2. The average molecular weight is 551 g/mol. The molecule has 0 amide bonds. The van der Waals surface area contributed by atoms with Crippen molar-refractivity contribution in [2.75, 3.05) is 12.3 Å². The molecule has 22 heteroatoms. The van der Waals surface area contributed by atoms with Gasteiger partial charge in [0.25, 0.3) is 0 Å². The van der Waals surface area contributed by atoms with Gasteiger partial charge in [0.15, 0.2) is 6.23 Å². The molecule has 15 nitrogen and oxygen atoms in total. The number of hydrogen-bond acceptors (Lipinski definition) is 10. The molecule has 0 saturated carbocycles. The Kier molecular flexibility index (Phi) is 7.44. The maximum absolute atomic E-state index is 14.1. The van der Waals surface area contributed by atoms with E-state index in [1.165, 1.54) is 0 Å². The SMILES string of the molecule is Nc1ccn([C@@H]2O[C@H](COP(=O)(O)C(F)(F)P(=O)(O)C(F)(F)P(=O)(O)O)[C@@H](O)[C@H]2O)c(=O)n1. The Bertz CT molecular complexity index is 1110. The van der Waals surface area contributed by atoms with Gasteiger partial charge in [0.05, 0.1) is 6.61 Å². The second-order valence-corrected chi connectivity index (χ2v) is 13.0. The number of anilines is 1. The smallest absolute Gasteiger partial charge is 0.387 e. The second kappa shape index (κ2) is 8.77. The molecule has 0 bridgehead atoms. The summed E-state index contributed by atoms with van der Waals surface area (Å²) in [5, 5.41) is 7.28. The van der Waals surface area contributed by atoms with Crippen molar-refractivity contribution in [1.29, 1.82) is 0 Å². The van der Waals surface area contributed by atoms with Crippen molar-refractivity contribution < 1.29 is 70.3 Å². The Hall–Kier alpha value is -1.23. The quantitative estimate of drug-likeness (QED) is 0.154. The molecule has 1 saturated heterocycles. The van der Waals surface area contributed by atoms with Crippen molar-refractivity contribution in [2.45, 2.75) is 35.3 Å². The van der Waals surface area contributed by atoms with Crippen molar-refractivity contribution in [1.82, 2.24) is 9.55 Å². The van der Waals surface area contributed by atoms with Gasteiger partial charge in [-0.3, -0.25) is 18.3 Å². The number of rotatable bonds is 8. The number of halogens is 4. The van der Waals surface area contributed by atoms with Crippen LogP contribution in [-0.4, -0.2) is 75.1 Å². The van der Waals surface area contributed by atoms with Crippen LogP contribution in [0.15, 0.2) is 17.1 Å². The molecule has 2 rings (SSSR count). The predicted molar refractivity (Wildman–Crippen MR) is 96.4 cm³/mol. The number of aromatic nitrogens is 2. The average Bonchev–Trinajstić information content (AvgIpc) is 2.93. The van der Waals surface area contributed by atoms with Crippen LogP contribution in [0.4, 0.5) is 23.4 Å². The first kappa shape index (κ1) is 28.0. The van der Waals surface area contributed by atoms with E-state index in [2.05, 4.69) is 9.51 Å². The van der Waals surface area contributed by atoms with E-state index in [1.54, 1.807) is 0 Å². The fraction of sp³-hybridized carbons (Fsp3) is 0.636. The number of hydrogen-bond donors (Lipinski definition) is 7.